The summed E-state index contributed by atoms with van der Waals surface area (Å²) in [6.45, 7) is 0. The summed E-state index contributed by atoms with van der Waals surface area (Å²) in [5.41, 5.74) is 0. The van der Waals surface area contributed by atoms with Crippen molar-refractivity contribution in [2.24, 2.45) is 0 Å². The van der Waals surface area contributed by atoms with Crippen LogP contribution >= 0.6 is 0 Å². The number of hydrogen-bond donors (Lipinski definition) is 0. The maximum atomic E-state index is 13.0. The molecule has 0 saturated heterocycles. The molecule has 0 unspecified atom stereocenters. The number of halogens is 2. The van der Waals surface area contributed by atoms with E-state index in [0.717, 1.165) is 12.1 Å². The van der Waals surface area contributed by atoms with Gasteiger partial charge in [0.25, 0.3) is 0 Å². The van der Waals surface area contributed by atoms with Gasteiger partial charge in [0.1, 0.15) is 10.6 Å². The lowest BCUT2D eigenvalue weighted by Crippen LogP contribution is -2.10. The molecule has 0 aliphatic carbocycles. The molecule has 0 aliphatic rings. The molecule has 0 bridgehead atoms. The Kier molecular flexibility index (Phi) is 3.29. The second kappa shape index (κ2) is 4.73. The Labute approximate surface area is 103 Å². The van der Waals surface area contributed by atoms with E-state index in [9.17, 15) is 17.2 Å². The lowest BCUT2D eigenvalue weighted by molar-refractivity contribution is 0.479. The summed E-state index contributed by atoms with van der Waals surface area (Å²) >= 11 is 0. The molecular weight excluding hydrogens is 262 g/mol. The van der Waals surface area contributed by atoms with Crippen LogP contribution in [0.25, 0.3) is 0 Å². The molecule has 2 aromatic carbocycles. The number of rotatable bonds is 3. The minimum absolute atomic E-state index is 0.0993. The van der Waals surface area contributed by atoms with Gasteiger partial charge in [-0.2, -0.15) is 8.42 Å². The smallest absolute Gasteiger partial charge is 0.339 e. The van der Waals surface area contributed by atoms with E-state index in [1.54, 1.807) is 18.2 Å². The van der Waals surface area contributed by atoms with Crippen molar-refractivity contribution in [2.45, 2.75) is 4.90 Å². The van der Waals surface area contributed by atoms with Crippen LogP contribution in [0.15, 0.2) is 53.4 Å². The molecule has 0 aliphatic heterocycles. The monoisotopic (exact) mass is 270 g/mol. The maximum Gasteiger partial charge on any atom is 0.339 e. The van der Waals surface area contributed by atoms with Gasteiger partial charge in [-0.25, -0.2) is 8.78 Å². The molecule has 2 aromatic rings. The predicted molar refractivity (Wildman–Crippen MR) is 60.6 cm³/mol. The zero-order valence-corrected chi connectivity index (χ0v) is 9.82. The third-order valence-electron chi connectivity index (χ3n) is 2.13. The van der Waals surface area contributed by atoms with E-state index in [1.807, 2.05) is 0 Å². The van der Waals surface area contributed by atoms with E-state index in [2.05, 4.69) is 0 Å². The van der Waals surface area contributed by atoms with E-state index in [-0.39, 0.29) is 5.75 Å². The van der Waals surface area contributed by atoms with Crippen molar-refractivity contribution in [3.8, 4) is 5.75 Å². The van der Waals surface area contributed by atoms with Crippen molar-refractivity contribution in [3.05, 3.63) is 60.2 Å². The average Bonchev–Trinajstić information content (AvgIpc) is 2.33. The molecule has 0 heterocycles. The highest BCUT2D eigenvalue weighted by atomic mass is 32.2. The van der Waals surface area contributed by atoms with Crippen LogP contribution < -0.4 is 4.18 Å². The number of hydrogen-bond acceptors (Lipinski definition) is 3. The molecule has 0 fully saturated rings. The minimum Gasteiger partial charge on any atom is -0.379 e. The van der Waals surface area contributed by atoms with E-state index in [0.29, 0.717) is 6.07 Å². The molecule has 0 aromatic heterocycles. The predicted octanol–water partition coefficient (Wildman–Crippen LogP) is 2.73. The SMILES string of the molecule is O=S(=O)(Oc1ccccc1)c1ccc(F)c(F)c1. The van der Waals surface area contributed by atoms with Gasteiger partial charge in [-0.3, -0.25) is 0 Å². The number of para-hydroxylation sites is 1. The van der Waals surface area contributed by atoms with Gasteiger partial charge in [0.2, 0.25) is 0 Å². The third-order valence-corrected chi connectivity index (χ3v) is 3.37. The highest BCUT2D eigenvalue weighted by Crippen LogP contribution is 2.19. The van der Waals surface area contributed by atoms with Crippen LogP contribution in [0, 0.1) is 11.6 Å². The maximum absolute atomic E-state index is 13.0. The van der Waals surface area contributed by atoms with Gasteiger partial charge in [-0.15, -0.1) is 0 Å². The highest BCUT2D eigenvalue weighted by molar-refractivity contribution is 7.87. The number of benzene rings is 2. The van der Waals surface area contributed by atoms with E-state index in [4.69, 9.17) is 4.18 Å². The average molecular weight is 270 g/mol. The van der Waals surface area contributed by atoms with Gasteiger partial charge >= 0.3 is 10.1 Å². The Hall–Kier alpha value is -1.95. The van der Waals surface area contributed by atoms with E-state index in [1.165, 1.54) is 12.1 Å². The zero-order chi connectivity index (χ0) is 13.2. The lowest BCUT2D eigenvalue weighted by Gasteiger charge is -2.06. The fraction of sp³-hybridized carbons (Fsp3) is 0. The zero-order valence-electron chi connectivity index (χ0n) is 9.01. The molecule has 2 rings (SSSR count). The standard InChI is InChI=1S/C12H8F2O3S/c13-11-7-6-10(8-12(11)14)18(15,16)17-9-4-2-1-3-5-9/h1-8H. The van der Waals surface area contributed by atoms with Gasteiger partial charge in [0.05, 0.1) is 0 Å². The van der Waals surface area contributed by atoms with Gasteiger partial charge in [-0.05, 0) is 30.3 Å². The Balaban J connectivity index is 2.34. The van der Waals surface area contributed by atoms with Gasteiger partial charge in [0, 0.05) is 0 Å². The van der Waals surface area contributed by atoms with Crippen molar-refractivity contribution in [1.29, 1.82) is 0 Å². The molecule has 0 spiro atoms. The summed E-state index contributed by atoms with van der Waals surface area (Å²) < 4.78 is 53.9. The summed E-state index contributed by atoms with van der Waals surface area (Å²) in [6.07, 6.45) is 0. The summed E-state index contributed by atoms with van der Waals surface area (Å²) in [5.74, 6) is -2.26. The fourth-order valence-corrected chi connectivity index (χ4v) is 2.23. The van der Waals surface area contributed by atoms with Crippen LogP contribution in [-0.2, 0) is 10.1 Å². The van der Waals surface area contributed by atoms with Crippen LogP contribution in [0.2, 0.25) is 0 Å². The molecule has 94 valence electrons. The third kappa shape index (κ3) is 2.65. The Morgan fingerprint density at radius 2 is 1.56 bits per heavy atom. The second-order valence-electron chi connectivity index (χ2n) is 3.43. The van der Waals surface area contributed by atoms with E-state index < -0.39 is 26.6 Å². The molecule has 0 atom stereocenters. The summed E-state index contributed by atoms with van der Waals surface area (Å²) in [6, 6.07) is 10.0. The van der Waals surface area contributed by atoms with E-state index >= 15 is 0 Å². The molecular formula is C12H8F2O3S. The van der Waals surface area contributed by atoms with Crippen molar-refractivity contribution in [1.82, 2.24) is 0 Å². The fourth-order valence-electron chi connectivity index (χ4n) is 1.28. The largest absolute Gasteiger partial charge is 0.379 e. The summed E-state index contributed by atoms with van der Waals surface area (Å²) in [7, 11) is -4.16. The van der Waals surface area contributed by atoms with Crippen LogP contribution in [0.5, 0.6) is 5.75 Å². The quantitative estimate of drug-likeness (QED) is 0.805. The van der Waals surface area contributed by atoms with Crippen LogP contribution in [0.4, 0.5) is 8.78 Å². The van der Waals surface area contributed by atoms with Crippen LogP contribution in [0.1, 0.15) is 0 Å². The Morgan fingerprint density at radius 3 is 2.17 bits per heavy atom. The molecule has 6 heteroatoms. The van der Waals surface area contributed by atoms with Crippen LogP contribution in [0.3, 0.4) is 0 Å². The Bertz CT molecular complexity index is 654. The molecule has 0 saturated carbocycles. The normalized spacial score (nSPS) is 11.2. The first kappa shape index (κ1) is 12.5. The molecule has 18 heavy (non-hydrogen) atoms. The van der Waals surface area contributed by atoms with Gasteiger partial charge in [0.15, 0.2) is 11.6 Å². The topological polar surface area (TPSA) is 43.4 Å². The minimum atomic E-state index is -4.16. The van der Waals surface area contributed by atoms with Crippen LogP contribution in [-0.4, -0.2) is 8.42 Å². The summed E-state index contributed by atoms with van der Waals surface area (Å²) in [5, 5.41) is 0. The van der Waals surface area contributed by atoms with Crippen molar-refractivity contribution >= 4 is 10.1 Å². The first-order valence-electron chi connectivity index (χ1n) is 4.93. The first-order chi connectivity index (χ1) is 8.49. The highest BCUT2D eigenvalue weighted by Gasteiger charge is 2.18. The van der Waals surface area contributed by atoms with Crippen molar-refractivity contribution in [2.75, 3.05) is 0 Å². The van der Waals surface area contributed by atoms with Crippen molar-refractivity contribution in [3.63, 3.8) is 0 Å². The molecule has 0 amide bonds. The van der Waals surface area contributed by atoms with Gasteiger partial charge < -0.3 is 4.18 Å². The first-order valence-corrected chi connectivity index (χ1v) is 6.34. The summed E-state index contributed by atoms with van der Waals surface area (Å²) in [4.78, 5) is -0.440. The second-order valence-corrected chi connectivity index (χ2v) is 4.97. The molecule has 0 radical (unpaired) electrons. The Morgan fingerprint density at radius 1 is 0.889 bits per heavy atom. The van der Waals surface area contributed by atoms with Gasteiger partial charge in [-0.1, -0.05) is 18.2 Å². The lowest BCUT2D eigenvalue weighted by atomic mass is 10.3. The van der Waals surface area contributed by atoms with Crippen molar-refractivity contribution < 1.29 is 21.4 Å². The molecule has 0 N–H and O–H groups in total. The molecule has 3 nitrogen and oxygen atoms in total.